The lowest BCUT2D eigenvalue weighted by atomic mass is 10.0. The minimum absolute atomic E-state index is 0.430. The van der Waals surface area contributed by atoms with Crippen molar-refractivity contribution in [1.29, 1.82) is 0 Å². The summed E-state index contributed by atoms with van der Waals surface area (Å²) in [7, 11) is 0. The molecule has 0 spiro atoms. The molecule has 0 bridgehead atoms. The number of benzene rings is 2. The maximum absolute atomic E-state index is 6.35. The second-order valence-corrected chi connectivity index (χ2v) is 8.57. The highest BCUT2D eigenvalue weighted by atomic mass is 127. The lowest BCUT2D eigenvalue weighted by molar-refractivity contribution is 1.27. The molecular weight excluding hydrogens is 558 g/mol. The minimum atomic E-state index is 0.430. The Morgan fingerprint density at radius 3 is 1.56 bits per heavy atom. The number of nitrogens with zero attached hydrogens (tertiary/aromatic N) is 1. The molecule has 0 amide bonds. The lowest BCUT2D eigenvalue weighted by Gasteiger charge is -2.13. The monoisotopic (exact) mass is 561 g/mol. The summed E-state index contributed by atoms with van der Waals surface area (Å²) in [5.74, 6) is 0. The average Bonchev–Trinajstić information content (AvgIpc) is 2.48. The molecular formula is C17H6Cl6IN. The third-order valence-corrected chi connectivity index (χ3v) is 5.90. The zero-order valence-corrected chi connectivity index (χ0v) is 18.8. The Morgan fingerprint density at radius 2 is 1.08 bits per heavy atom. The van der Waals surface area contributed by atoms with Crippen molar-refractivity contribution in [3.8, 4) is 22.3 Å². The number of halogens is 7. The summed E-state index contributed by atoms with van der Waals surface area (Å²) in [6, 6.07) is 8.41. The molecule has 0 saturated carbocycles. The van der Waals surface area contributed by atoms with E-state index in [1.54, 1.807) is 30.5 Å². The predicted octanol–water partition coefficient (Wildman–Crippen LogP) is 8.94. The van der Waals surface area contributed by atoms with Gasteiger partial charge in [-0.1, -0.05) is 69.6 Å². The molecule has 3 aromatic rings. The first-order valence-electron chi connectivity index (χ1n) is 6.73. The Hall–Kier alpha value is 0.0600. The largest absolute Gasteiger partial charge is 0.249 e. The van der Waals surface area contributed by atoms with Crippen molar-refractivity contribution < 1.29 is 0 Å². The van der Waals surface area contributed by atoms with Crippen molar-refractivity contribution in [1.82, 2.24) is 4.98 Å². The summed E-state index contributed by atoms with van der Waals surface area (Å²) < 4.78 is 0.730. The van der Waals surface area contributed by atoms with E-state index in [0.717, 1.165) is 14.8 Å². The number of rotatable bonds is 2. The fourth-order valence-corrected chi connectivity index (χ4v) is 5.00. The van der Waals surface area contributed by atoms with Crippen LogP contribution < -0.4 is 0 Å². The first-order valence-corrected chi connectivity index (χ1v) is 10.1. The Kier molecular flexibility index (Phi) is 6.32. The van der Waals surface area contributed by atoms with E-state index in [1.807, 2.05) is 6.07 Å². The second-order valence-electron chi connectivity index (χ2n) is 5.05. The van der Waals surface area contributed by atoms with Gasteiger partial charge in [-0.2, -0.15) is 0 Å². The Bertz CT molecular complexity index is 943. The molecule has 8 heteroatoms. The highest BCUT2D eigenvalue weighted by Gasteiger charge is 2.17. The minimum Gasteiger partial charge on any atom is -0.249 e. The maximum Gasteiger partial charge on any atom is 0.109 e. The van der Waals surface area contributed by atoms with Gasteiger partial charge >= 0.3 is 0 Å². The van der Waals surface area contributed by atoms with Gasteiger partial charge < -0.3 is 0 Å². The average molecular weight is 564 g/mol. The van der Waals surface area contributed by atoms with Crippen LogP contribution in [-0.4, -0.2) is 4.98 Å². The second kappa shape index (κ2) is 7.97. The van der Waals surface area contributed by atoms with Crippen LogP contribution in [0.2, 0.25) is 30.1 Å². The number of pyridine rings is 1. The smallest absolute Gasteiger partial charge is 0.109 e. The van der Waals surface area contributed by atoms with Crippen LogP contribution in [0.4, 0.5) is 0 Å². The molecule has 1 heterocycles. The van der Waals surface area contributed by atoms with Gasteiger partial charge in [0, 0.05) is 38.5 Å². The number of hydrogen-bond acceptors (Lipinski definition) is 1. The maximum atomic E-state index is 6.35. The van der Waals surface area contributed by atoms with Crippen LogP contribution in [0.1, 0.15) is 0 Å². The summed E-state index contributed by atoms with van der Waals surface area (Å²) in [5.41, 5.74) is 2.77. The Balaban J connectivity index is 2.25. The van der Waals surface area contributed by atoms with Crippen LogP contribution >= 0.6 is 92.2 Å². The third-order valence-electron chi connectivity index (χ3n) is 3.41. The van der Waals surface area contributed by atoms with E-state index in [0.29, 0.717) is 41.3 Å². The summed E-state index contributed by atoms with van der Waals surface area (Å²) in [6.45, 7) is 0. The zero-order valence-electron chi connectivity index (χ0n) is 12.1. The number of hydrogen-bond donors (Lipinski definition) is 0. The van der Waals surface area contributed by atoms with Crippen molar-refractivity contribution in [2.45, 2.75) is 0 Å². The van der Waals surface area contributed by atoms with Crippen LogP contribution in [0.5, 0.6) is 0 Å². The van der Waals surface area contributed by atoms with Crippen molar-refractivity contribution in [3.63, 3.8) is 0 Å². The molecule has 0 fully saturated rings. The molecule has 2 aromatic carbocycles. The highest BCUT2D eigenvalue weighted by molar-refractivity contribution is 14.1. The Labute approximate surface area is 188 Å². The summed E-state index contributed by atoms with van der Waals surface area (Å²) in [4.78, 5) is 4.43. The molecule has 1 aromatic heterocycles. The van der Waals surface area contributed by atoms with Crippen molar-refractivity contribution in [2.24, 2.45) is 0 Å². The Morgan fingerprint density at radius 1 is 0.640 bits per heavy atom. The fourth-order valence-electron chi connectivity index (χ4n) is 2.38. The molecule has 0 radical (unpaired) electrons. The van der Waals surface area contributed by atoms with Crippen LogP contribution in [0.3, 0.4) is 0 Å². The lowest BCUT2D eigenvalue weighted by Crippen LogP contribution is -1.93. The van der Waals surface area contributed by atoms with E-state index in [-0.39, 0.29) is 0 Å². The van der Waals surface area contributed by atoms with Gasteiger partial charge in [0.2, 0.25) is 0 Å². The van der Waals surface area contributed by atoms with Gasteiger partial charge in [0.25, 0.3) is 0 Å². The number of aromatic nitrogens is 1. The normalized spacial score (nSPS) is 11.0. The topological polar surface area (TPSA) is 12.9 Å². The van der Waals surface area contributed by atoms with Crippen molar-refractivity contribution in [3.05, 3.63) is 70.4 Å². The highest BCUT2D eigenvalue weighted by Crippen LogP contribution is 2.42. The van der Waals surface area contributed by atoms with Gasteiger partial charge in [0.15, 0.2) is 0 Å². The summed E-state index contributed by atoms with van der Waals surface area (Å²) in [6.07, 6.45) is 1.68. The molecule has 0 aliphatic rings. The van der Waals surface area contributed by atoms with Crippen molar-refractivity contribution >= 4 is 92.2 Å². The first-order chi connectivity index (χ1) is 11.8. The fraction of sp³-hybridized carbons (Fsp3) is 0. The molecule has 0 N–H and O–H groups in total. The summed E-state index contributed by atoms with van der Waals surface area (Å²) >= 11 is 39.5. The molecule has 25 heavy (non-hydrogen) atoms. The van der Waals surface area contributed by atoms with Gasteiger partial charge in [0.05, 0.1) is 20.1 Å². The van der Waals surface area contributed by atoms with Crippen LogP contribution in [0, 0.1) is 3.70 Å². The first kappa shape index (κ1) is 19.8. The summed E-state index contributed by atoms with van der Waals surface area (Å²) in [5, 5.41) is 2.65. The molecule has 128 valence electrons. The van der Waals surface area contributed by atoms with E-state index in [4.69, 9.17) is 69.6 Å². The van der Waals surface area contributed by atoms with Gasteiger partial charge in [-0.05, 0) is 52.9 Å². The van der Waals surface area contributed by atoms with Crippen LogP contribution in [0.25, 0.3) is 22.3 Å². The van der Waals surface area contributed by atoms with Crippen LogP contribution in [-0.2, 0) is 0 Å². The molecule has 0 aliphatic carbocycles. The van der Waals surface area contributed by atoms with Crippen LogP contribution in [0.15, 0.2) is 36.5 Å². The third kappa shape index (κ3) is 4.16. The zero-order chi connectivity index (χ0) is 18.3. The van der Waals surface area contributed by atoms with E-state index < -0.39 is 0 Å². The van der Waals surface area contributed by atoms with E-state index in [2.05, 4.69) is 27.6 Å². The molecule has 3 rings (SSSR count). The molecule has 1 nitrogen and oxygen atoms in total. The van der Waals surface area contributed by atoms with Gasteiger partial charge in [-0.25, -0.2) is 4.98 Å². The van der Waals surface area contributed by atoms with Gasteiger partial charge in [-0.15, -0.1) is 0 Å². The molecule has 0 unspecified atom stereocenters. The van der Waals surface area contributed by atoms with Gasteiger partial charge in [0.1, 0.15) is 3.70 Å². The quantitative estimate of drug-likeness (QED) is 0.224. The predicted molar refractivity (Wildman–Crippen MR) is 118 cm³/mol. The molecule has 0 aliphatic heterocycles. The van der Waals surface area contributed by atoms with E-state index in [9.17, 15) is 0 Å². The standard InChI is InChI=1S/C17H6Cl6IN/c18-8-2-11(20)15(12(21)3-8)7-1-10(17(24)25-6-7)16-13(22)4-9(19)5-14(16)23/h1-6H. The molecule has 0 atom stereocenters. The molecule has 0 saturated heterocycles. The SMILES string of the molecule is Clc1cc(Cl)c(-c2cnc(I)c(-c3c(Cl)cc(Cl)cc3Cl)c2)c(Cl)c1. The van der Waals surface area contributed by atoms with Gasteiger partial charge in [-0.3, -0.25) is 0 Å². The van der Waals surface area contributed by atoms with E-state index in [1.165, 1.54) is 0 Å². The van der Waals surface area contributed by atoms with Crippen molar-refractivity contribution in [2.75, 3.05) is 0 Å². The van der Waals surface area contributed by atoms with E-state index >= 15 is 0 Å².